The van der Waals surface area contributed by atoms with Gasteiger partial charge in [0.15, 0.2) is 0 Å². The van der Waals surface area contributed by atoms with Crippen molar-refractivity contribution < 1.29 is 4.52 Å². The summed E-state index contributed by atoms with van der Waals surface area (Å²) in [7, 11) is 0. The molecule has 1 aromatic heterocycles. The van der Waals surface area contributed by atoms with Crippen molar-refractivity contribution in [1.82, 2.24) is 15.5 Å². The minimum atomic E-state index is 0.319. The van der Waals surface area contributed by atoms with Crippen LogP contribution >= 0.6 is 11.6 Å². The molecule has 0 saturated heterocycles. The summed E-state index contributed by atoms with van der Waals surface area (Å²) >= 11 is 6.02. The van der Waals surface area contributed by atoms with Crippen LogP contribution in [-0.2, 0) is 0 Å². The Morgan fingerprint density at radius 2 is 2.19 bits per heavy atom. The lowest BCUT2D eigenvalue weighted by Crippen LogP contribution is -2.37. The molecule has 1 saturated carbocycles. The van der Waals surface area contributed by atoms with Crippen molar-refractivity contribution >= 4 is 11.6 Å². The second-order valence-electron chi connectivity index (χ2n) is 5.52. The Morgan fingerprint density at radius 3 is 3.00 bits per heavy atom. The molecule has 0 bridgehead atoms. The maximum absolute atomic E-state index is 6.02. The van der Waals surface area contributed by atoms with E-state index in [1.54, 1.807) is 0 Å². The molecule has 1 fully saturated rings. The first-order valence-electron chi connectivity index (χ1n) is 7.61. The molecule has 1 aromatic carbocycles. The summed E-state index contributed by atoms with van der Waals surface area (Å²) < 4.78 is 5.53. The van der Waals surface area contributed by atoms with Crippen LogP contribution in [0.15, 0.2) is 28.8 Å². The van der Waals surface area contributed by atoms with Crippen molar-refractivity contribution in [2.45, 2.75) is 44.6 Å². The number of halogens is 1. The van der Waals surface area contributed by atoms with Gasteiger partial charge in [-0.15, -0.1) is 0 Å². The number of nitrogens with zero attached hydrogens (tertiary/aromatic N) is 2. The van der Waals surface area contributed by atoms with Crippen LogP contribution in [0.5, 0.6) is 0 Å². The zero-order valence-electron chi connectivity index (χ0n) is 12.2. The van der Waals surface area contributed by atoms with Gasteiger partial charge in [0, 0.05) is 16.6 Å². The lowest BCUT2D eigenvalue weighted by molar-refractivity contribution is 0.265. The molecule has 4 nitrogen and oxygen atoms in total. The van der Waals surface area contributed by atoms with Crippen LogP contribution in [0, 0.1) is 0 Å². The lowest BCUT2D eigenvalue weighted by atomic mass is 9.84. The third-order valence-electron chi connectivity index (χ3n) is 4.07. The summed E-state index contributed by atoms with van der Waals surface area (Å²) in [6, 6.07) is 7.99. The summed E-state index contributed by atoms with van der Waals surface area (Å²) in [6.07, 6.45) is 4.77. The number of rotatable bonds is 4. The second-order valence-corrected chi connectivity index (χ2v) is 5.96. The number of aromatic nitrogens is 2. The van der Waals surface area contributed by atoms with Crippen molar-refractivity contribution in [2.75, 3.05) is 6.54 Å². The van der Waals surface area contributed by atoms with Gasteiger partial charge < -0.3 is 9.84 Å². The van der Waals surface area contributed by atoms with Gasteiger partial charge in [0.2, 0.25) is 11.7 Å². The van der Waals surface area contributed by atoms with Gasteiger partial charge in [0.25, 0.3) is 0 Å². The van der Waals surface area contributed by atoms with Crippen molar-refractivity contribution in [1.29, 1.82) is 0 Å². The third-order valence-corrected chi connectivity index (χ3v) is 4.31. The monoisotopic (exact) mass is 305 g/mol. The Morgan fingerprint density at radius 1 is 1.33 bits per heavy atom. The van der Waals surface area contributed by atoms with Gasteiger partial charge in [-0.3, -0.25) is 0 Å². The molecule has 112 valence electrons. The number of nitrogens with one attached hydrogen (secondary N) is 1. The normalized spacial score (nSPS) is 22.4. The van der Waals surface area contributed by atoms with Crippen LogP contribution in [0.1, 0.15) is 44.4 Å². The molecule has 0 aliphatic heterocycles. The summed E-state index contributed by atoms with van der Waals surface area (Å²) in [5.74, 6) is 1.68. The molecule has 21 heavy (non-hydrogen) atoms. The van der Waals surface area contributed by atoms with Gasteiger partial charge in [-0.05, 0) is 31.5 Å². The summed E-state index contributed by atoms with van der Waals surface area (Å²) in [4.78, 5) is 4.60. The Bertz CT molecular complexity index is 597. The van der Waals surface area contributed by atoms with E-state index in [1.807, 2.05) is 24.3 Å². The molecule has 2 unspecified atom stereocenters. The molecule has 0 radical (unpaired) electrons. The molecule has 5 heteroatoms. The molecule has 1 heterocycles. The van der Waals surface area contributed by atoms with Crippen molar-refractivity contribution in [3.63, 3.8) is 0 Å². The Labute approximate surface area is 129 Å². The standard InChI is InChI=1S/C16H20ClN3O/c1-2-18-14-9-4-3-8-13(14)16-19-15(20-21-16)11-6-5-7-12(17)10-11/h5-7,10,13-14,18H,2-4,8-9H2,1H3. The van der Waals surface area contributed by atoms with Crippen LogP contribution in [0.4, 0.5) is 0 Å². The van der Waals surface area contributed by atoms with E-state index in [4.69, 9.17) is 16.1 Å². The van der Waals surface area contributed by atoms with E-state index >= 15 is 0 Å². The fourth-order valence-electron chi connectivity index (χ4n) is 3.06. The van der Waals surface area contributed by atoms with Crippen LogP contribution in [-0.4, -0.2) is 22.7 Å². The van der Waals surface area contributed by atoms with Gasteiger partial charge in [-0.1, -0.05) is 48.7 Å². The Balaban J connectivity index is 1.83. The van der Waals surface area contributed by atoms with E-state index in [-0.39, 0.29) is 0 Å². The topological polar surface area (TPSA) is 51.0 Å². The predicted molar refractivity (Wildman–Crippen MR) is 83.4 cm³/mol. The van der Waals surface area contributed by atoms with Gasteiger partial charge in [0.05, 0.1) is 5.92 Å². The first-order valence-corrected chi connectivity index (χ1v) is 7.98. The van der Waals surface area contributed by atoms with Gasteiger partial charge in [-0.25, -0.2) is 0 Å². The van der Waals surface area contributed by atoms with Crippen LogP contribution < -0.4 is 5.32 Å². The molecule has 2 atom stereocenters. The SMILES string of the molecule is CCNC1CCCCC1c1nc(-c2cccc(Cl)c2)no1. The number of hydrogen-bond donors (Lipinski definition) is 1. The highest BCUT2D eigenvalue weighted by atomic mass is 35.5. The van der Waals surface area contributed by atoms with Crippen molar-refractivity contribution in [2.24, 2.45) is 0 Å². The second kappa shape index (κ2) is 6.58. The fraction of sp³-hybridized carbons (Fsp3) is 0.500. The maximum atomic E-state index is 6.02. The number of hydrogen-bond acceptors (Lipinski definition) is 4. The molecular formula is C16H20ClN3O. The molecule has 2 aromatic rings. The van der Waals surface area contributed by atoms with E-state index in [9.17, 15) is 0 Å². The number of benzene rings is 1. The van der Waals surface area contributed by atoms with Crippen molar-refractivity contribution in [3.8, 4) is 11.4 Å². The highest BCUT2D eigenvalue weighted by Gasteiger charge is 2.30. The third kappa shape index (κ3) is 3.27. The zero-order valence-corrected chi connectivity index (χ0v) is 12.9. The van der Waals surface area contributed by atoms with Crippen LogP contribution in [0.25, 0.3) is 11.4 Å². The quantitative estimate of drug-likeness (QED) is 0.926. The predicted octanol–water partition coefficient (Wildman–Crippen LogP) is 4.03. The van der Waals surface area contributed by atoms with E-state index in [2.05, 4.69) is 22.4 Å². The van der Waals surface area contributed by atoms with E-state index < -0.39 is 0 Å². The summed E-state index contributed by atoms with van der Waals surface area (Å²) in [5, 5.41) is 8.35. The Kier molecular flexibility index (Phi) is 4.56. The summed E-state index contributed by atoms with van der Waals surface area (Å²) in [5.41, 5.74) is 0.897. The molecule has 1 aliphatic rings. The molecule has 1 aliphatic carbocycles. The lowest BCUT2D eigenvalue weighted by Gasteiger charge is -2.29. The Hall–Kier alpha value is -1.39. The van der Waals surface area contributed by atoms with Crippen LogP contribution in [0.2, 0.25) is 5.02 Å². The van der Waals surface area contributed by atoms with Crippen LogP contribution in [0.3, 0.4) is 0 Å². The zero-order chi connectivity index (χ0) is 14.7. The highest BCUT2D eigenvalue weighted by molar-refractivity contribution is 6.30. The minimum absolute atomic E-state index is 0.319. The molecule has 3 rings (SSSR count). The average Bonchev–Trinajstić information content (AvgIpc) is 2.98. The van der Waals surface area contributed by atoms with Gasteiger partial charge in [-0.2, -0.15) is 4.98 Å². The maximum Gasteiger partial charge on any atom is 0.231 e. The minimum Gasteiger partial charge on any atom is -0.339 e. The molecule has 0 amide bonds. The first-order chi connectivity index (χ1) is 10.3. The molecule has 1 N–H and O–H groups in total. The van der Waals surface area contributed by atoms with E-state index in [1.165, 1.54) is 19.3 Å². The molecular weight excluding hydrogens is 286 g/mol. The van der Waals surface area contributed by atoms with E-state index in [0.29, 0.717) is 22.8 Å². The first kappa shape index (κ1) is 14.5. The van der Waals surface area contributed by atoms with E-state index in [0.717, 1.165) is 24.4 Å². The highest BCUT2D eigenvalue weighted by Crippen LogP contribution is 2.33. The smallest absolute Gasteiger partial charge is 0.231 e. The van der Waals surface area contributed by atoms with Gasteiger partial charge >= 0.3 is 0 Å². The largest absolute Gasteiger partial charge is 0.339 e. The van der Waals surface area contributed by atoms with Gasteiger partial charge in [0.1, 0.15) is 0 Å². The fourth-order valence-corrected chi connectivity index (χ4v) is 3.25. The molecule has 0 spiro atoms. The number of likely N-dealkylation sites (N-methyl/N-ethyl adjacent to an activating group) is 1. The summed E-state index contributed by atoms with van der Waals surface area (Å²) in [6.45, 7) is 3.10. The average molecular weight is 306 g/mol. The van der Waals surface area contributed by atoms with Crippen molar-refractivity contribution in [3.05, 3.63) is 35.2 Å².